The Morgan fingerprint density at radius 2 is 1.23 bits per heavy atom. The minimum atomic E-state index is -0.615. The molecule has 142 valence electrons. The summed E-state index contributed by atoms with van der Waals surface area (Å²) < 4.78 is 10.1. The van der Waals surface area contributed by atoms with E-state index in [1.54, 1.807) is 36.4 Å². The van der Waals surface area contributed by atoms with Crippen LogP contribution in [0.15, 0.2) is 36.4 Å². The predicted molar refractivity (Wildman–Crippen MR) is 98.7 cm³/mol. The molecule has 0 atom stereocenters. The van der Waals surface area contributed by atoms with Gasteiger partial charge in [-0.3, -0.25) is 0 Å². The molecule has 0 bridgehead atoms. The summed E-state index contributed by atoms with van der Waals surface area (Å²) in [5.41, 5.74) is 1.40. The number of benzene rings is 2. The smallest absolute Gasteiger partial charge is 0.162 e. The van der Waals surface area contributed by atoms with Crippen LogP contribution in [-0.4, -0.2) is 48.7 Å². The number of aliphatic hydroxyl groups is 1. The van der Waals surface area contributed by atoms with E-state index in [2.05, 4.69) is 10.6 Å². The van der Waals surface area contributed by atoms with E-state index < -0.39 is 6.10 Å². The second-order valence-electron chi connectivity index (χ2n) is 5.85. The van der Waals surface area contributed by atoms with Crippen LogP contribution in [-0.2, 0) is 13.1 Å². The second-order valence-corrected chi connectivity index (χ2v) is 5.85. The maximum absolute atomic E-state index is 10.0. The lowest BCUT2D eigenvalue weighted by molar-refractivity contribution is 0.167. The van der Waals surface area contributed by atoms with Gasteiger partial charge >= 0.3 is 0 Å². The number of rotatable bonds is 10. The van der Waals surface area contributed by atoms with Crippen molar-refractivity contribution >= 4 is 0 Å². The Morgan fingerprint density at radius 1 is 0.808 bits per heavy atom. The van der Waals surface area contributed by atoms with Crippen molar-refractivity contribution < 1.29 is 24.8 Å². The number of phenols is 2. The molecule has 2 aromatic carbocycles. The number of methoxy groups -OCH3 is 2. The molecule has 0 spiro atoms. The quantitative estimate of drug-likeness (QED) is 0.435. The highest BCUT2D eigenvalue weighted by atomic mass is 16.5. The Kier molecular flexibility index (Phi) is 7.53. The molecular weight excluding hydrogens is 336 g/mol. The fraction of sp³-hybridized carbons (Fsp3) is 0.368. The molecule has 0 fully saturated rings. The average Bonchev–Trinajstić information content (AvgIpc) is 2.64. The molecule has 0 aromatic heterocycles. The third kappa shape index (κ3) is 5.26. The first-order chi connectivity index (χ1) is 12.6. The molecule has 0 amide bonds. The number of aromatic hydroxyl groups is 2. The van der Waals surface area contributed by atoms with E-state index in [0.29, 0.717) is 48.8 Å². The van der Waals surface area contributed by atoms with Crippen molar-refractivity contribution in [3.63, 3.8) is 0 Å². The van der Waals surface area contributed by atoms with Crippen LogP contribution in [0.1, 0.15) is 11.1 Å². The summed E-state index contributed by atoms with van der Waals surface area (Å²) in [6.45, 7) is 1.54. The Labute approximate surface area is 153 Å². The van der Waals surface area contributed by atoms with Crippen molar-refractivity contribution in [1.29, 1.82) is 0 Å². The molecule has 0 aliphatic heterocycles. The zero-order valence-corrected chi connectivity index (χ0v) is 15.0. The number of hydrogen-bond acceptors (Lipinski definition) is 7. The van der Waals surface area contributed by atoms with Gasteiger partial charge in [-0.05, 0) is 12.1 Å². The van der Waals surface area contributed by atoms with E-state index in [-0.39, 0.29) is 11.5 Å². The van der Waals surface area contributed by atoms with Gasteiger partial charge in [0, 0.05) is 37.3 Å². The van der Waals surface area contributed by atoms with Crippen molar-refractivity contribution in [3.8, 4) is 23.0 Å². The Bertz CT molecular complexity index is 649. The maximum Gasteiger partial charge on any atom is 0.162 e. The number of para-hydroxylation sites is 2. The van der Waals surface area contributed by atoms with Crippen LogP contribution in [0.4, 0.5) is 0 Å². The first-order valence-electron chi connectivity index (χ1n) is 8.36. The van der Waals surface area contributed by atoms with Crippen LogP contribution in [0.2, 0.25) is 0 Å². The summed E-state index contributed by atoms with van der Waals surface area (Å²) in [7, 11) is 3.00. The number of ether oxygens (including phenoxy) is 2. The van der Waals surface area contributed by atoms with Crippen LogP contribution in [0.25, 0.3) is 0 Å². The molecule has 5 N–H and O–H groups in total. The monoisotopic (exact) mass is 362 g/mol. The Hall–Kier alpha value is -2.48. The summed E-state index contributed by atoms with van der Waals surface area (Å²) in [6.07, 6.45) is -0.615. The maximum atomic E-state index is 10.0. The lowest BCUT2D eigenvalue weighted by Crippen LogP contribution is -2.35. The van der Waals surface area contributed by atoms with Gasteiger partial charge in [-0.25, -0.2) is 0 Å². The van der Waals surface area contributed by atoms with Gasteiger partial charge in [-0.15, -0.1) is 0 Å². The standard InChI is InChI=1S/C19H26N2O5/c1-25-16-7-3-5-13(18(16)23)9-20-11-15(22)12-21-10-14-6-4-8-17(26-2)19(14)24/h3-8,15,20-24H,9-12H2,1-2H3. The van der Waals surface area contributed by atoms with E-state index in [1.807, 2.05) is 0 Å². The summed E-state index contributed by atoms with van der Waals surface area (Å²) in [4.78, 5) is 0. The highest BCUT2D eigenvalue weighted by Gasteiger charge is 2.10. The summed E-state index contributed by atoms with van der Waals surface area (Å²) in [5.74, 6) is 1.04. The summed E-state index contributed by atoms with van der Waals surface area (Å²) in [5, 5.41) is 36.3. The van der Waals surface area contributed by atoms with E-state index in [0.717, 1.165) is 0 Å². The third-order valence-corrected chi connectivity index (χ3v) is 4.00. The normalized spacial score (nSPS) is 10.9. The second kappa shape index (κ2) is 9.86. The van der Waals surface area contributed by atoms with Crippen molar-refractivity contribution in [2.45, 2.75) is 19.2 Å². The van der Waals surface area contributed by atoms with Crippen molar-refractivity contribution in [2.24, 2.45) is 0 Å². The van der Waals surface area contributed by atoms with E-state index in [1.165, 1.54) is 14.2 Å². The molecule has 2 aromatic rings. The highest BCUT2D eigenvalue weighted by molar-refractivity contribution is 5.45. The van der Waals surface area contributed by atoms with Gasteiger partial charge in [0.05, 0.1) is 20.3 Å². The molecule has 7 heteroatoms. The Balaban J connectivity index is 1.74. The number of phenolic OH excluding ortho intramolecular Hbond substituents is 2. The molecular formula is C19H26N2O5. The molecule has 0 aliphatic carbocycles. The van der Waals surface area contributed by atoms with E-state index in [9.17, 15) is 15.3 Å². The lowest BCUT2D eigenvalue weighted by Gasteiger charge is -2.15. The van der Waals surface area contributed by atoms with Crippen molar-refractivity contribution in [2.75, 3.05) is 27.3 Å². The molecule has 0 heterocycles. The van der Waals surface area contributed by atoms with Crippen LogP contribution >= 0.6 is 0 Å². The molecule has 0 saturated heterocycles. The molecule has 0 aliphatic rings. The molecule has 2 rings (SSSR count). The van der Waals surface area contributed by atoms with Crippen molar-refractivity contribution in [3.05, 3.63) is 47.5 Å². The van der Waals surface area contributed by atoms with Crippen LogP contribution in [0, 0.1) is 0 Å². The largest absolute Gasteiger partial charge is 0.504 e. The van der Waals surface area contributed by atoms with Crippen LogP contribution < -0.4 is 20.1 Å². The number of aliphatic hydroxyl groups excluding tert-OH is 1. The summed E-state index contributed by atoms with van der Waals surface area (Å²) >= 11 is 0. The van der Waals surface area contributed by atoms with Gasteiger partial charge in [0.1, 0.15) is 0 Å². The van der Waals surface area contributed by atoms with Gasteiger partial charge < -0.3 is 35.4 Å². The minimum Gasteiger partial charge on any atom is -0.504 e. The highest BCUT2D eigenvalue weighted by Crippen LogP contribution is 2.29. The Morgan fingerprint density at radius 3 is 1.62 bits per heavy atom. The first-order valence-corrected chi connectivity index (χ1v) is 8.36. The fourth-order valence-corrected chi connectivity index (χ4v) is 2.57. The number of nitrogens with one attached hydrogen (secondary N) is 2. The minimum absolute atomic E-state index is 0.101. The SMILES string of the molecule is COc1cccc(CNCC(O)CNCc2cccc(OC)c2O)c1O. The molecule has 26 heavy (non-hydrogen) atoms. The molecule has 0 unspecified atom stereocenters. The fourth-order valence-electron chi connectivity index (χ4n) is 2.57. The zero-order chi connectivity index (χ0) is 18.9. The van der Waals surface area contributed by atoms with Gasteiger partial charge in [-0.2, -0.15) is 0 Å². The van der Waals surface area contributed by atoms with Gasteiger partial charge in [0.2, 0.25) is 0 Å². The van der Waals surface area contributed by atoms with E-state index in [4.69, 9.17) is 9.47 Å². The van der Waals surface area contributed by atoms with Gasteiger partial charge in [0.25, 0.3) is 0 Å². The van der Waals surface area contributed by atoms with Gasteiger partial charge in [-0.1, -0.05) is 24.3 Å². The molecule has 0 saturated carbocycles. The zero-order valence-electron chi connectivity index (χ0n) is 15.0. The number of hydrogen-bond donors (Lipinski definition) is 5. The first kappa shape index (κ1) is 19.8. The third-order valence-electron chi connectivity index (χ3n) is 4.00. The van der Waals surface area contributed by atoms with Crippen molar-refractivity contribution in [1.82, 2.24) is 10.6 Å². The van der Waals surface area contributed by atoms with E-state index >= 15 is 0 Å². The van der Waals surface area contributed by atoms with Crippen LogP contribution in [0.5, 0.6) is 23.0 Å². The van der Waals surface area contributed by atoms with Gasteiger partial charge in [0.15, 0.2) is 23.0 Å². The predicted octanol–water partition coefficient (Wildman–Crippen LogP) is 1.36. The summed E-state index contributed by atoms with van der Waals surface area (Å²) in [6, 6.07) is 10.6. The topological polar surface area (TPSA) is 103 Å². The lowest BCUT2D eigenvalue weighted by atomic mass is 10.1. The molecule has 0 radical (unpaired) electrons. The van der Waals surface area contributed by atoms with Crippen LogP contribution in [0.3, 0.4) is 0 Å². The average molecular weight is 362 g/mol. The molecule has 7 nitrogen and oxygen atoms in total.